The Bertz CT molecular complexity index is 418. The minimum absolute atomic E-state index is 0.252. The lowest BCUT2D eigenvalue weighted by molar-refractivity contribution is -0.0321. The molecule has 2 nitrogen and oxygen atoms in total. The largest absolute Gasteiger partial charge is 0.373 e. The number of benzene rings is 1. The molecule has 0 spiro atoms. The van der Waals surface area contributed by atoms with Crippen LogP contribution >= 0.6 is 46.3 Å². The molecule has 16 heavy (non-hydrogen) atoms. The molecule has 6 heteroatoms. The first kappa shape index (κ1) is 13.1. The van der Waals surface area contributed by atoms with Gasteiger partial charge in [0.15, 0.2) is 0 Å². The van der Waals surface area contributed by atoms with E-state index in [2.05, 4.69) is 15.9 Å². The van der Waals surface area contributed by atoms with Gasteiger partial charge >= 0.3 is 0 Å². The summed E-state index contributed by atoms with van der Waals surface area (Å²) >= 11 is 5.35. The van der Waals surface area contributed by atoms with Crippen LogP contribution < -0.4 is 0 Å². The second-order valence-electron chi connectivity index (χ2n) is 3.78. The Hall–Kier alpha value is 0.630. The van der Waals surface area contributed by atoms with E-state index in [-0.39, 0.29) is 5.82 Å². The molecule has 0 aromatic heterocycles. The molecular weight excluding hydrogens is 410 g/mol. The van der Waals surface area contributed by atoms with Crippen molar-refractivity contribution < 1.29 is 13.3 Å². The summed E-state index contributed by atoms with van der Waals surface area (Å²) in [6, 6.07) is 3.35. The predicted molar refractivity (Wildman–Crippen MR) is 73.8 cm³/mol. The van der Waals surface area contributed by atoms with E-state index in [1.165, 1.54) is 15.3 Å². The maximum Gasteiger partial charge on any atom is 0.130 e. The van der Waals surface area contributed by atoms with Crippen LogP contribution in [0.2, 0.25) is 0 Å². The lowest BCUT2D eigenvalue weighted by Gasteiger charge is -2.34. The first-order valence-corrected chi connectivity index (χ1v) is 8.67. The van der Waals surface area contributed by atoms with E-state index in [4.69, 9.17) is 8.92 Å². The van der Waals surface area contributed by atoms with E-state index in [1.54, 1.807) is 0 Å². The fourth-order valence-electron chi connectivity index (χ4n) is 1.79. The molecule has 0 fully saturated rings. The highest BCUT2D eigenvalue weighted by molar-refractivity contribution is 14.2. The number of ether oxygens (including phenoxy) is 1. The molecule has 0 saturated carbocycles. The fraction of sp³-hybridized carbons (Fsp3) is 0.400. The molecule has 0 bridgehead atoms. The van der Waals surface area contributed by atoms with Crippen LogP contribution in [0.3, 0.4) is 0 Å². The van der Waals surface area contributed by atoms with E-state index in [9.17, 15) is 4.39 Å². The fourth-order valence-corrected chi connectivity index (χ4v) is 3.68. The zero-order valence-electron chi connectivity index (χ0n) is 8.43. The number of hydrogen-bond acceptors (Lipinski definition) is 3. The molecule has 2 rings (SSSR count). The van der Waals surface area contributed by atoms with Gasteiger partial charge in [-0.15, -0.1) is 0 Å². The second-order valence-corrected chi connectivity index (χ2v) is 6.07. The van der Waals surface area contributed by atoms with Crippen LogP contribution in [0, 0.1) is 5.82 Å². The molecule has 1 heterocycles. The van der Waals surface area contributed by atoms with Gasteiger partial charge in [0.05, 0.1) is 22.4 Å². The average Bonchev–Trinajstić information content (AvgIpc) is 2.20. The molecule has 1 unspecified atom stereocenters. The molecule has 0 N–H and O–H groups in total. The summed E-state index contributed by atoms with van der Waals surface area (Å²) < 4.78 is 25.4. The SMILES string of the molecule is CC1(OSI)COCc2c(F)cc(Br)cc21. The molecule has 1 aromatic rings. The van der Waals surface area contributed by atoms with E-state index in [0.717, 1.165) is 10.0 Å². The van der Waals surface area contributed by atoms with Gasteiger partial charge < -0.3 is 4.74 Å². The van der Waals surface area contributed by atoms with Gasteiger partial charge in [-0.25, -0.2) is 4.39 Å². The van der Waals surface area contributed by atoms with Gasteiger partial charge in [0.2, 0.25) is 0 Å². The topological polar surface area (TPSA) is 18.5 Å². The van der Waals surface area contributed by atoms with Crippen molar-refractivity contribution >= 4 is 46.3 Å². The van der Waals surface area contributed by atoms with Crippen molar-refractivity contribution in [2.45, 2.75) is 19.1 Å². The summed E-state index contributed by atoms with van der Waals surface area (Å²) in [6.45, 7) is 2.65. The lowest BCUT2D eigenvalue weighted by atomic mass is 9.90. The van der Waals surface area contributed by atoms with Crippen LogP contribution in [0.1, 0.15) is 18.1 Å². The molecular formula is C10H9BrFIO2S. The Labute approximate surface area is 118 Å². The quantitative estimate of drug-likeness (QED) is 0.525. The van der Waals surface area contributed by atoms with E-state index < -0.39 is 5.60 Å². The molecule has 0 saturated heterocycles. The third-order valence-corrected chi connectivity index (χ3v) is 4.00. The Morgan fingerprint density at radius 2 is 2.38 bits per heavy atom. The predicted octanol–water partition coefficient (Wildman–Crippen LogP) is 4.35. The number of fused-ring (bicyclic) bond motifs is 1. The normalized spacial score (nSPS) is 24.2. The van der Waals surface area contributed by atoms with Gasteiger partial charge in [0, 0.05) is 31.2 Å². The molecule has 0 aliphatic carbocycles. The van der Waals surface area contributed by atoms with Gasteiger partial charge in [-0.2, -0.15) is 0 Å². The van der Waals surface area contributed by atoms with Crippen molar-refractivity contribution in [2.24, 2.45) is 0 Å². The highest BCUT2D eigenvalue weighted by atomic mass is 127. The van der Waals surface area contributed by atoms with Gasteiger partial charge in [-0.3, -0.25) is 4.18 Å². The Morgan fingerprint density at radius 1 is 1.62 bits per heavy atom. The number of hydrogen-bond donors (Lipinski definition) is 0. The Morgan fingerprint density at radius 3 is 3.06 bits per heavy atom. The van der Waals surface area contributed by atoms with Crippen molar-refractivity contribution in [2.75, 3.05) is 6.61 Å². The molecule has 0 radical (unpaired) electrons. The van der Waals surface area contributed by atoms with Crippen LogP contribution in [0.5, 0.6) is 0 Å². The molecule has 88 valence electrons. The second kappa shape index (κ2) is 5.09. The summed E-state index contributed by atoms with van der Waals surface area (Å²) in [7, 11) is 1.23. The summed E-state index contributed by atoms with van der Waals surface area (Å²) in [6.07, 6.45) is 0. The van der Waals surface area contributed by atoms with Gasteiger partial charge in [0.1, 0.15) is 11.4 Å². The molecule has 0 amide bonds. The van der Waals surface area contributed by atoms with Crippen molar-refractivity contribution in [3.05, 3.63) is 33.5 Å². The van der Waals surface area contributed by atoms with E-state index in [0.29, 0.717) is 18.8 Å². The van der Waals surface area contributed by atoms with Crippen molar-refractivity contribution in [3.63, 3.8) is 0 Å². The zero-order chi connectivity index (χ0) is 11.8. The van der Waals surface area contributed by atoms with E-state index >= 15 is 0 Å². The van der Waals surface area contributed by atoms with Crippen LogP contribution in [-0.4, -0.2) is 6.61 Å². The molecule has 1 aromatic carbocycles. The highest BCUT2D eigenvalue weighted by Gasteiger charge is 2.36. The van der Waals surface area contributed by atoms with Gasteiger partial charge in [-0.05, 0) is 24.6 Å². The third kappa shape index (κ3) is 2.40. The first-order chi connectivity index (χ1) is 7.57. The molecule has 1 aliphatic rings. The van der Waals surface area contributed by atoms with Crippen molar-refractivity contribution in [3.8, 4) is 0 Å². The van der Waals surface area contributed by atoms with E-state index in [1.807, 2.05) is 34.2 Å². The summed E-state index contributed by atoms with van der Waals surface area (Å²) in [5.41, 5.74) is 0.849. The number of halogens is 3. The standard InChI is InChI=1S/C10H9BrFIO2S/c1-10(15-16-13)5-14-4-7-8(10)2-6(11)3-9(7)12/h2-3H,4-5H2,1H3. The van der Waals surface area contributed by atoms with Gasteiger partial charge in [0.25, 0.3) is 0 Å². The maximum atomic E-state index is 13.7. The zero-order valence-corrected chi connectivity index (χ0v) is 13.0. The third-order valence-electron chi connectivity index (χ3n) is 2.57. The van der Waals surface area contributed by atoms with Crippen LogP contribution in [0.25, 0.3) is 0 Å². The Kier molecular flexibility index (Phi) is 4.16. The minimum Gasteiger partial charge on any atom is -0.373 e. The minimum atomic E-state index is -0.593. The van der Waals surface area contributed by atoms with Crippen molar-refractivity contribution in [1.82, 2.24) is 0 Å². The summed E-state index contributed by atoms with van der Waals surface area (Å²) in [5, 5.41) is 0. The van der Waals surface area contributed by atoms with Crippen LogP contribution in [0.15, 0.2) is 16.6 Å². The monoisotopic (exact) mass is 418 g/mol. The maximum absolute atomic E-state index is 13.7. The number of rotatable bonds is 2. The summed E-state index contributed by atoms with van der Waals surface area (Å²) in [4.78, 5) is 0. The van der Waals surface area contributed by atoms with Crippen molar-refractivity contribution in [1.29, 1.82) is 0 Å². The van der Waals surface area contributed by atoms with Crippen LogP contribution in [-0.2, 0) is 21.1 Å². The smallest absolute Gasteiger partial charge is 0.130 e. The average molecular weight is 419 g/mol. The lowest BCUT2D eigenvalue weighted by Crippen LogP contribution is -2.35. The molecule has 1 aliphatic heterocycles. The highest BCUT2D eigenvalue weighted by Crippen LogP contribution is 2.40. The molecule has 1 atom stereocenters. The van der Waals surface area contributed by atoms with Gasteiger partial charge in [-0.1, -0.05) is 15.9 Å². The summed E-state index contributed by atoms with van der Waals surface area (Å²) in [5.74, 6) is -0.252. The van der Waals surface area contributed by atoms with Crippen LogP contribution in [0.4, 0.5) is 4.39 Å². The first-order valence-electron chi connectivity index (χ1n) is 4.59. The Balaban J connectivity index is 2.53.